The number of ether oxygens (including phenoxy) is 2. The third kappa shape index (κ3) is 5.37. The topological polar surface area (TPSA) is 85.6 Å². The van der Waals surface area contributed by atoms with Crippen LogP contribution in [0.2, 0.25) is 0 Å². The van der Waals surface area contributed by atoms with Gasteiger partial charge in [0.25, 0.3) is 0 Å². The van der Waals surface area contributed by atoms with Crippen LogP contribution in [0.3, 0.4) is 0 Å². The highest BCUT2D eigenvalue weighted by Crippen LogP contribution is 2.45. The van der Waals surface area contributed by atoms with Crippen LogP contribution in [0.4, 0.5) is 24.8 Å². The van der Waals surface area contributed by atoms with Crippen molar-refractivity contribution in [3.8, 4) is 11.5 Å². The molecule has 0 bridgehead atoms. The minimum absolute atomic E-state index is 0.00674. The summed E-state index contributed by atoms with van der Waals surface area (Å²) in [5.41, 5.74) is 1.76. The van der Waals surface area contributed by atoms with Crippen molar-refractivity contribution in [2.24, 2.45) is 17.8 Å². The Hall–Kier alpha value is -3.43. The molecule has 1 heterocycles. The SMILES string of the molecule is COc1cc2c(cc1C(=O)O)nc(Nc1ccc(OC(F)(F)F)cc1)n2[C@@H]1C[C@H](C)CC[C@H]1C(C)C. The average molecular weight is 506 g/mol. The van der Waals surface area contributed by atoms with Gasteiger partial charge in [-0.25, -0.2) is 9.78 Å². The Morgan fingerprint density at radius 3 is 2.47 bits per heavy atom. The maximum atomic E-state index is 12.5. The number of carboxylic acid groups (broad SMARTS) is 1. The second-order valence-corrected chi connectivity index (χ2v) is 9.74. The van der Waals surface area contributed by atoms with E-state index in [0.717, 1.165) is 24.8 Å². The van der Waals surface area contributed by atoms with Gasteiger partial charge in [-0.1, -0.05) is 27.2 Å². The molecule has 36 heavy (non-hydrogen) atoms. The molecule has 0 aliphatic heterocycles. The second kappa shape index (κ2) is 9.91. The van der Waals surface area contributed by atoms with Gasteiger partial charge in [0, 0.05) is 17.8 Å². The highest BCUT2D eigenvalue weighted by molar-refractivity contribution is 5.96. The number of nitrogens with zero attached hydrogens (tertiary/aromatic N) is 2. The molecule has 3 aromatic rings. The first-order chi connectivity index (χ1) is 17.0. The maximum absolute atomic E-state index is 12.5. The van der Waals surface area contributed by atoms with Crippen LogP contribution in [0.5, 0.6) is 11.5 Å². The minimum Gasteiger partial charge on any atom is -0.496 e. The molecule has 3 atom stereocenters. The Morgan fingerprint density at radius 2 is 1.89 bits per heavy atom. The smallest absolute Gasteiger partial charge is 0.496 e. The number of methoxy groups -OCH3 is 1. The molecule has 1 aromatic heterocycles. The van der Waals surface area contributed by atoms with Crippen LogP contribution >= 0.6 is 0 Å². The molecule has 0 unspecified atom stereocenters. The fourth-order valence-electron chi connectivity index (χ4n) is 5.20. The van der Waals surface area contributed by atoms with Crippen molar-refractivity contribution in [1.29, 1.82) is 0 Å². The largest absolute Gasteiger partial charge is 0.573 e. The fourth-order valence-corrected chi connectivity index (χ4v) is 5.20. The summed E-state index contributed by atoms with van der Waals surface area (Å²) < 4.78 is 49.1. The zero-order valence-electron chi connectivity index (χ0n) is 20.6. The lowest BCUT2D eigenvalue weighted by Crippen LogP contribution is -2.30. The summed E-state index contributed by atoms with van der Waals surface area (Å²) in [6, 6.07) is 8.72. The number of anilines is 2. The summed E-state index contributed by atoms with van der Waals surface area (Å²) >= 11 is 0. The van der Waals surface area contributed by atoms with Crippen LogP contribution < -0.4 is 14.8 Å². The number of benzene rings is 2. The van der Waals surface area contributed by atoms with Gasteiger partial charge in [0.1, 0.15) is 17.1 Å². The number of carboxylic acids is 1. The number of fused-ring (bicyclic) bond motifs is 1. The van der Waals surface area contributed by atoms with Gasteiger partial charge in [0.05, 0.1) is 18.1 Å². The third-order valence-electron chi connectivity index (χ3n) is 6.90. The van der Waals surface area contributed by atoms with Gasteiger partial charge < -0.3 is 24.5 Å². The van der Waals surface area contributed by atoms with Crippen molar-refractivity contribution in [1.82, 2.24) is 9.55 Å². The van der Waals surface area contributed by atoms with E-state index in [2.05, 4.69) is 35.4 Å². The summed E-state index contributed by atoms with van der Waals surface area (Å²) in [5, 5.41) is 12.9. The molecule has 10 heteroatoms. The fraction of sp³-hybridized carbons (Fsp3) is 0.462. The Bertz CT molecular complexity index is 1240. The number of alkyl halides is 3. The van der Waals surface area contributed by atoms with Gasteiger partial charge in [-0.3, -0.25) is 0 Å². The summed E-state index contributed by atoms with van der Waals surface area (Å²) in [5.74, 6) is 0.556. The number of carbonyl (C=O) groups is 1. The van der Waals surface area contributed by atoms with Crippen LogP contribution in [-0.2, 0) is 0 Å². The van der Waals surface area contributed by atoms with Crippen LogP contribution in [-0.4, -0.2) is 34.1 Å². The zero-order valence-corrected chi connectivity index (χ0v) is 20.6. The van der Waals surface area contributed by atoms with Crippen LogP contribution in [0.25, 0.3) is 11.0 Å². The molecule has 7 nitrogen and oxygen atoms in total. The molecular weight excluding hydrogens is 475 g/mol. The first-order valence-electron chi connectivity index (χ1n) is 11.9. The van der Waals surface area contributed by atoms with Crippen LogP contribution in [0, 0.1) is 17.8 Å². The molecule has 0 radical (unpaired) electrons. The molecule has 4 rings (SSSR count). The molecule has 0 saturated heterocycles. The molecule has 194 valence electrons. The van der Waals surface area contributed by atoms with E-state index in [4.69, 9.17) is 9.72 Å². The minimum atomic E-state index is -4.77. The van der Waals surface area contributed by atoms with Crippen molar-refractivity contribution < 1.29 is 32.5 Å². The Kier molecular flexibility index (Phi) is 7.06. The third-order valence-corrected chi connectivity index (χ3v) is 6.90. The molecule has 2 N–H and O–H groups in total. The first-order valence-corrected chi connectivity index (χ1v) is 11.9. The Labute approximate surface area is 207 Å². The number of hydrogen-bond acceptors (Lipinski definition) is 5. The summed E-state index contributed by atoms with van der Waals surface area (Å²) in [4.78, 5) is 16.5. The van der Waals surface area contributed by atoms with E-state index < -0.39 is 12.3 Å². The van der Waals surface area contributed by atoms with E-state index in [0.29, 0.717) is 34.9 Å². The number of aromatic nitrogens is 2. The van der Waals surface area contributed by atoms with E-state index in [-0.39, 0.29) is 23.1 Å². The average Bonchev–Trinajstić information content (AvgIpc) is 3.14. The highest BCUT2D eigenvalue weighted by Gasteiger charge is 2.35. The van der Waals surface area contributed by atoms with Crippen LogP contribution in [0.1, 0.15) is 56.4 Å². The number of aromatic carboxylic acids is 1. The van der Waals surface area contributed by atoms with Crippen molar-refractivity contribution in [3.05, 3.63) is 42.0 Å². The summed E-state index contributed by atoms with van der Waals surface area (Å²) in [7, 11) is 1.43. The molecule has 1 fully saturated rings. The summed E-state index contributed by atoms with van der Waals surface area (Å²) in [6.45, 7) is 6.61. The van der Waals surface area contributed by atoms with Crippen molar-refractivity contribution in [2.75, 3.05) is 12.4 Å². The van der Waals surface area contributed by atoms with Gasteiger partial charge >= 0.3 is 12.3 Å². The molecule has 0 amide bonds. The predicted octanol–water partition coefficient (Wildman–Crippen LogP) is 7.02. The molecular formula is C26H30F3N3O4. The molecule has 1 saturated carbocycles. The number of imidazole rings is 1. The van der Waals surface area contributed by atoms with Crippen molar-refractivity contribution in [3.63, 3.8) is 0 Å². The Balaban J connectivity index is 1.82. The van der Waals surface area contributed by atoms with E-state index >= 15 is 0 Å². The number of hydrogen-bond donors (Lipinski definition) is 2. The monoisotopic (exact) mass is 505 g/mol. The number of halogens is 3. The predicted molar refractivity (Wildman–Crippen MR) is 130 cm³/mol. The van der Waals surface area contributed by atoms with Crippen molar-refractivity contribution >= 4 is 28.6 Å². The normalized spacial score (nSPS) is 20.5. The lowest BCUT2D eigenvalue weighted by Gasteiger charge is -2.39. The van der Waals surface area contributed by atoms with Gasteiger partial charge in [0.2, 0.25) is 5.95 Å². The van der Waals surface area contributed by atoms with Crippen molar-refractivity contribution in [2.45, 2.75) is 52.4 Å². The lowest BCUT2D eigenvalue weighted by molar-refractivity contribution is -0.274. The molecule has 1 aliphatic rings. The highest BCUT2D eigenvalue weighted by atomic mass is 19.4. The quantitative estimate of drug-likeness (QED) is 0.359. The lowest BCUT2D eigenvalue weighted by atomic mass is 9.74. The van der Waals surface area contributed by atoms with Gasteiger partial charge in [-0.15, -0.1) is 13.2 Å². The standard InChI is InChI=1S/C26H30F3N3O4/c1-14(2)18-10-5-15(3)11-21(18)32-22-13-23(35-4)19(24(33)34)12-20(22)31-25(32)30-16-6-8-17(9-7-16)36-26(27,28)29/h6-9,12-15,18,21H,5,10-11H2,1-4H3,(H,30,31)(H,33,34)/t15-,18+,21-/m1/s1. The zero-order chi connectivity index (χ0) is 26.2. The molecule has 2 aromatic carbocycles. The first kappa shape index (κ1) is 25.7. The van der Waals surface area contributed by atoms with E-state index in [1.165, 1.54) is 37.4 Å². The summed E-state index contributed by atoms with van der Waals surface area (Å²) in [6.07, 6.45) is -1.67. The molecule has 1 aliphatic carbocycles. The Morgan fingerprint density at radius 1 is 1.19 bits per heavy atom. The van der Waals surface area contributed by atoms with E-state index in [1.54, 1.807) is 6.07 Å². The van der Waals surface area contributed by atoms with Gasteiger partial charge in [-0.05, 0) is 60.9 Å². The second-order valence-electron chi connectivity index (χ2n) is 9.74. The van der Waals surface area contributed by atoms with Gasteiger partial charge in [0.15, 0.2) is 0 Å². The van der Waals surface area contributed by atoms with Gasteiger partial charge in [-0.2, -0.15) is 0 Å². The number of rotatable bonds is 7. The maximum Gasteiger partial charge on any atom is 0.573 e. The van der Waals surface area contributed by atoms with E-state index in [9.17, 15) is 23.1 Å². The van der Waals surface area contributed by atoms with Crippen LogP contribution in [0.15, 0.2) is 36.4 Å². The number of nitrogens with one attached hydrogen (secondary N) is 1. The van der Waals surface area contributed by atoms with E-state index in [1.807, 2.05) is 0 Å². The molecule has 0 spiro atoms.